The van der Waals surface area contributed by atoms with E-state index in [1.807, 2.05) is 30.5 Å². The maximum Gasteiger partial charge on any atom is 0.152 e. The third kappa shape index (κ3) is 1.91. The van der Waals surface area contributed by atoms with Crippen LogP contribution < -0.4 is 0 Å². The van der Waals surface area contributed by atoms with E-state index in [1.165, 1.54) is 0 Å². The van der Waals surface area contributed by atoms with Gasteiger partial charge in [-0.1, -0.05) is 11.6 Å². The molecule has 2 aromatic heterocycles. The van der Waals surface area contributed by atoms with Crippen molar-refractivity contribution >= 4 is 34.0 Å². The highest BCUT2D eigenvalue weighted by atomic mass is 35.5. The molecule has 0 aliphatic heterocycles. The van der Waals surface area contributed by atoms with E-state index in [0.717, 1.165) is 38.9 Å². The lowest BCUT2D eigenvalue weighted by atomic mass is 10.2. The number of aromatic nitrogens is 2. The van der Waals surface area contributed by atoms with Crippen LogP contribution in [0.2, 0.25) is 5.02 Å². The Hall–Kier alpha value is -1.83. The first-order valence-electron chi connectivity index (χ1n) is 6.30. The number of fused-ring (bicyclic) bond motifs is 1. The van der Waals surface area contributed by atoms with E-state index >= 15 is 0 Å². The van der Waals surface area contributed by atoms with Crippen molar-refractivity contribution in [3.05, 3.63) is 39.7 Å². The third-order valence-corrected chi connectivity index (χ3v) is 4.99. The van der Waals surface area contributed by atoms with Gasteiger partial charge in [-0.05, 0) is 43.0 Å². The number of nitriles is 1. The van der Waals surface area contributed by atoms with Crippen LogP contribution in [0.15, 0.2) is 23.6 Å². The Kier molecular flexibility index (Phi) is 3.25. The van der Waals surface area contributed by atoms with E-state index in [0.29, 0.717) is 5.56 Å². The monoisotopic (exact) mass is 301 g/mol. The minimum absolute atomic E-state index is 0.623. The van der Waals surface area contributed by atoms with Crippen molar-refractivity contribution in [2.24, 2.45) is 0 Å². The van der Waals surface area contributed by atoms with Crippen LogP contribution in [0.3, 0.4) is 0 Å². The summed E-state index contributed by atoms with van der Waals surface area (Å²) in [5.41, 5.74) is 3.56. The molecule has 0 saturated carbocycles. The van der Waals surface area contributed by atoms with Gasteiger partial charge < -0.3 is 4.57 Å². The SMILES string of the molecule is CCn1c(-c2scc(C)c2Cl)nc2cc(C#N)ccc21. The first kappa shape index (κ1) is 13.2. The van der Waals surface area contributed by atoms with Gasteiger partial charge >= 0.3 is 0 Å². The fraction of sp³-hybridized carbons (Fsp3) is 0.200. The lowest BCUT2D eigenvalue weighted by molar-refractivity contribution is 0.798. The van der Waals surface area contributed by atoms with Gasteiger partial charge in [-0.3, -0.25) is 0 Å². The van der Waals surface area contributed by atoms with E-state index in [9.17, 15) is 0 Å². The van der Waals surface area contributed by atoms with Gasteiger partial charge in [-0.2, -0.15) is 5.26 Å². The van der Waals surface area contributed by atoms with Gasteiger partial charge in [0, 0.05) is 6.54 Å². The first-order valence-corrected chi connectivity index (χ1v) is 7.55. The van der Waals surface area contributed by atoms with Crippen LogP contribution in [0.5, 0.6) is 0 Å². The number of hydrogen-bond acceptors (Lipinski definition) is 3. The Bertz CT molecular complexity index is 839. The maximum absolute atomic E-state index is 8.99. The van der Waals surface area contributed by atoms with Crippen LogP contribution in [-0.4, -0.2) is 9.55 Å². The highest BCUT2D eigenvalue weighted by Gasteiger charge is 2.17. The summed E-state index contributed by atoms with van der Waals surface area (Å²) < 4.78 is 2.13. The third-order valence-electron chi connectivity index (χ3n) is 3.30. The Balaban J connectivity index is 2.31. The number of nitrogens with zero attached hydrogens (tertiary/aromatic N) is 3. The second-order valence-electron chi connectivity index (χ2n) is 4.56. The molecule has 0 saturated heterocycles. The summed E-state index contributed by atoms with van der Waals surface area (Å²) in [7, 11) is 0. The molecule has 5 heteroatoms. The minimum Gasteiger partial charge on any atom is -0.324 e. The molecule has 3 nitrogen and oxygen atoms in total. The van der Waals surface area contributed by atoms with Crippen LogP contribution in [-0.2, 0) is 6.54 Å². The van der Waals surface area contributed by atoms with Crippen LogP contribution in [0.4, 0.5) is 0 Å². The average Bonchev–Trinajstić information content (AvgIpc) is 2.98. The number of hydrogen-bond donors (Lipinski definition) is 0. The molecule has 0 fully saturated rings. The molecule has 3 aromatic rings. The fourth-order valence-corrected chi connectivity index (χ4v) is 3.55. The van der Waals surface area contributed by atoms with Crippen molar-refractivity contribution in [1.29, 1.82) is 5.26 Å². The molecule has 0 aliphatic carbocycles. The number of halogens is 1. The van der Waals surface area contributed by atoms with Gasteiger partial charge in [0.15, 0.2) is 5.82 Å². The second kappa shape index (κ2) is 4.93. The zero-order valence-corrected chi connectivity index (χ0v) is 12.7. The van der Waals surface area contributed by atoms with Crippen LogP contribution >= 0.6 is 22.9 Å². The van der Waals surface area contributed by atoms with Crippen molar-refractivity contribution in [3.8, 4) is 16.8 Å². The van der Waals surface area contributed by atoms with Crippen LogP contribution in [0.25, 0.3) is 21.7 Å². The molecule has 1 aromatic carbocycles. The first-order chi connectivity index (χ1) is 9.65. The van der Waals surface area contributed by atoms with E-state index in [1.54, 1.807) is 11.3 Å². The minimum atomic E-state index is 0.623. The molecule has 0 unspecified atom stereocenters. The topological polar surface area (TPSA) is 41.6 Å². The Morgan fingerprint density at radius 3 is 2.85 bits per heavy atom. The largest absolute Gasteiger partial charge is 0.324 e. The number of imidazole rings is 1. The summed E-state index contributed by atoms with van der Waals surface area (Å²) in [5, 5.41) is 11.8. The quantitative estimate of drug-likeness (QED) is 0.693. The lowest BCUT2D eigenvalue weighted by Crippen LogP contribution is -1.96. The van der Waals surface area contributed by atoms with E-state index in [4.69, 9.17) is 16.9 Å². The van der Waals surface area contributed by atoms with Crippen molar-refractivity contribution in [1.82, 2.24) is 9.55 Å². The molecule has 2 heterocycles. The normalized spacial score (nSPS) is 10.9. The summed E-state index contributed by atoms with van der Waals surface area (Å²) in [5.74, 6) is 0.876. The second-order valence-corrected chi connectivity index (χ2v) is 5.81. The molecule has 3 rings (SSSR count). The van der Waals surface area contributed by atoms with Gasteiger partial charge in [0.2, 0.25) is 0 Å². The highest BCUT2D eigenvalue weighted by molar-refractivity contribution is 7.14. The summed E-state index contributed by atoms with van der Waals surface area (Å²) >= 11 is 7.97. The molecule has 0 N–H and O–H groups in total. The average molecular weight is 302 g/mol. The molecule has 0 bridgehead atoms. The number of rotatable bonds is 2. The van der Waals surface area contributed by atoms with Crippen molar-refractivity contribution in [2.45, 2.75) is 20.4 Å². The molecule has 20 heavy (non-hydrogen) atoms. The smallest absolute Gasteiger partial charge is 0.152 e. The summed E-state index contributed by atoms with van der Waals surface area (Å²) in [6.07, 6.45) is 0. The molecule has 100 valence electrons. The van der Waals surface area contributed by atoms with Gasteiger partial charge in [0.1, 0.15) is 0 Å². The van der Waals surface area contributed by atoms with E-state index < -0.39 is 0 Å². The zero-order chi connectivity index (χ0) is 14.3. The number of benzene rings is 1. The van der Waals surface area contributed by atoms with Gasteiger partial charge in [0.05, 0.1) is 32.6 Å². The zero-order valence-electron chi connectivity index (χ0n) is 11.1. The van der Waals surface area contributed by atoms with Crippen LogP contribution in [0.1, 0.15) is 18.1 Å². The van der Waals surface area contributed by atoms with Crippen molar-refractivity contribution in [3.63, 3.8) is 0 Å². The van der Waals surface area contributed by atoms with E-state index in [2.05, 4.69) is 22.5 Å². The fourth-order valence-electron chi connectivity index (χ4n) is 2.27. The summed E-state index contributed by atoms with van der Waals surface area (Å²) in [6, 6.07) is 7.73. The standard InChI is InChI=1S/C15H12ClN3S/c1-3-19-12-5-4-10(7-17)6-11(12)18-15(19)14-13(16)9(2)8-20-14/h4-6,8H,3H2,1-2H3. The molecule has 0 spiro atoms. The molecule has 0 atom stereocenters. The molecule has 0 aliphatic rings. The molecular weight excluding hydrogens is 290 g/mol. The lowest BCUT2D eigenvalue weighted by Gasteiger charge is -2.04. The molecule has 0 amide bonds. The van der Waals surface area contributed by atoms with Gasteiger partial charge in [0.25, 0.3) is 0 Å². The Labute approximate surface area is 126 Å². The number of thiophene rings is 1. The molecule has 0 radical (unpaired) electrons. The summed E-state index contributed by atoms with van der Waals surface area (Å²) in [4.78, 5) is 5.66. The Morgan fingerprint density at radius 1 is 1.45 bits per heavy atom. The van der Waals surface area contributed by atoms with Crippen molar-refractivity contribution in [2.75, 3.05) is 0 Å². The van der Waals surface area contributed by atoms with Gasteiger partial charge in [-0.25, -0.2) is 4.98 Å². The van der Waals surface area contributed by atoms with E-state index in [-0.39, 0.29) is 0 Å². The predicted octanol–water partition coefficient (Wildman–Crippen LogP) is 4.62. The molecular formula is C15H12ClN3S. The van der Waals surface area contributed by atoms with Crippen LogP contribution in [0, 0.1) is 18.3 Å². The van der Waals surface area contributed by atoms with Crippen molar-refractivity contribution < 1.29 is 0 Å². The maximum atomic E-state index is 8.99. The summed E-state index contributed by atoms with van der Waals surface area (Å²) in [6.45, 7) is 4.89. The van der Waals surface area contributed by atoms with Gasteiger partial charge in [-0.15, -0.1) is 11.3 Å². The predicted molar refractivity (Wildman–Crippen MR) is 83.2 cm³/mol. The Morgan fingerprint density at radius 2 is 2.25 bits per heavy atom. The highest BCUT2D eigenvalue weighted by Crippen LogP contribution is 2.37. The number of aryl methyl sites for hydroxylation is 2.